The van der Waals surface area contributed by atoms with Crippen LogP contribution in [-0.2, 0) is 9.59 Å². The Morgan fingerprint density at radius 1 is 1.30 bits per heavy atom. The van der Waals surface area contributed by atoms with Crippen LogP contribution < -0.4 is 15.0 Å². The van der Waals surface area contributed by atoms with E-state index in [2.05, 4.69) is 5.32 Å². The van der Waals surface area contributed by atoms with Gasteiger partial charge in [-0.3, -0.25) is 19.7 Å². The highest BCUT2D eigenvalue weighted by Gasteiger charge is 2.36. The molecule has 0 bridgehead atoms. The molecule has 0 spiro atoms. The number of para-hydroxylation sites is 1. The Bertz CT molecular complexity index is 912. The van der Waals surface area contributed by atoms with Gasteiger partial charge in [0.05, 0.1) is 29.7 Å². The summed E-state index contributed by atoms with van der Waals surface area (Å²) < 4.78 is 5.13. The number of methoxy groups -OCH3 is 1. The number of hydrogen-bond donors (Lipinski definition) is 1. The Morgan fingerprint density at radius 3 is 2.70 bits per heavy atom. The largest absolute Gasteiger partial charge is 0.494 e. The number of non-ortho nitro benzene ring substituents is 1. The van der Waals surface area contributed by atoms with Crippen molar-refractivity contribution in [3.8, 4) is 5.75 Å². The fourth-order valence-corrected chi connectivity index (χ4v) is 3.11. The summed E-state index contributed by atoms with van der Waals surface area (Å²) >= 11 is 0. The number of nitrogens with zero attached hydrogens (tertiary/aromatic N) is 2. The fraction of sp³-hybridized carbons (Fsp3) is 0.263. The Labute approximate surface area is 155 Å². The van der Waals surface area contributed by atoms with Gasteiger partial charge in [0, 0.05) is 24.7 Å². The van der Waals surface area contributed by atoms with Crippen LogP contribution in [0.3, 0.4) is 0 Å². The second-order valence-electron chi connectivity index (χ2n) is 6.32. The van der Waals surface area contributed by atoms with Crippen molar-refractivity contribution in [2.45, 2.75) is 13.3 Å². The molecule has 1 N–H and O–H groups in total. The van der Waals surface area contributed by atoms with E-state index in [9.17, 15) is 19.7 Å². The molecule has 2 amide bonds. The molecule has 27 heavy (non-hydrogen) atoms. The average Bonchev–Trinajstić information content (AvgIpc) is 3.04. The van der Waals surface area contributed by atoms with Gasteiger partial charge in [-0.15, -0.1) is 0 Å². The third-order valence-corrected chi connectivity index (χ3v) is 4.56. The van der Waals surface area contributed by atoms with Gasteiger partial charge in [0.1, 0.15) is 5.75 Å². The number of amides is 2. The second-order valence-corrected chi connectivity index (χ2v) is 6.32. The highest BCUT2D eigenvalue weighted by Crippen LogP contribution is 2.31. The molecule has 1 saturated heterocycles. The van der Waals surface area contributed by atoms with Crippen LogP contribution in [0.4, 0.5) is 17.1 Å². The number of anilines is 2. The van der Waals surface area contributed by atoms with Gasteiger partial charge in [-0.25, -0.2) is 0 Å². The van der Waals surface area contributed by atoms with Crippen molar-refractivity contribution < 1.29 is 19.2 Å². The van der Waals surface area contributed by atoms with Gasteiger partial charge >= 0.3 is 0 Å². The summed E-state index contributed by atoms with van der Waals surface area (Å²) in [6.07, 6.45) is 0.107. The Morgan fingerprint density at radius 2 is 2.04 bits per heavy atom. The number of aryl methyl sites for hydroxylation is 1. The number of ether oxygens (including phenoxy) is 1. The molecule has 8 heteroatoms. The minimum atomic E-state index is -0.538. The van der Waals surface area contributed by atoms with E-state index < -0.39 is 10.8 Å². The number of nitro groups is 1. The summed E-state index contributed by atoms with van der Waals surface area (Å²) in [7, 11) is 1.37. The first-order valence-electron chi connectivity index (χ1n) is 8.40. The molecule has 0 aliphatic carbocycles. The molecule has 1 atom stereocenters. The molecule has 3 rings (SSSR count). The van der Waals surface area contributed by atoms with Crippen molar-refractivity contribution in [1.29, 1.82) is 0 Å². The maximum absolute atomic E-state index is 12.6. The van der Waals surface area contributed by atoms with Crippen molar-refractivity contribution in [2.75, 3.05) is 23.9 Å². The molecule has 0 aromatic heterocycles. The third kappa shape index (κ3) is 3.74. The first-order valence-corrected chi connectivity index (χ1v) is 8.40. The number of carbonyl (C=O) groups excluding carboxylic acids is 2. The summed E-state index contributed by atoms with van der Waals surface area (Å²) in [5.74, 6) is -0.763. The first kappa shape index (κ1) is 18.4. The topological polar surface area (TPSA) is 102 Å². The zero-order valence-corrected chi connectivity index (χ0v) is 15.0. The highest BCUT2D eigenvalue weighted by atomic mass is 16.6. The molecule has 8 nitrogen and oxygen atoms in total. The monoisotopic (exact) mass is 369 g/mol. The molecule has 0 radical (unpaired) electrons. The number of carbonyl (C=O) groups is 2. The lowest BCUT2D eigenvalue weighted by Crippen LogP contribution is -2.28. The molecule has 1 heterocycles. The van der Waals surface area contributed by atoms with Gasteiger partial charge < -0.3 is 15.0 Å². The number of benzene rings is 2. The number of rotatable bonds is 5. The number of hydrogen-bond acceptors (Lipinski definition) is 5. The molecule has 1 aliphatic heterocycles. The molecule has 1 aliphatic rings. The smallest absolute Gasteiger partial charge is 0.273 e. The van der Waals surface area contributed by atoms with Crippen molar-refractivity contribution in [1.82, 2.24) is 0 Å². The molecule has 140 valence electrons. The quantitative estimate of drug-likeness (QED) is 0.645. The molecule has 0 unspecified atom stereocenters. The van der Waals surface area contributed by atoms with E-state index in [0.29, 0.717) is 5.69 Å². The van der Waals surface area contributed by atoms with Crippen LogP contribution in [0.25, 0.3) is 0 Å². The first-order chi connectivity index (χ1) is 12.9. The second kappa shape index (κ2) is 7.45. The van der Waals surface area contributed by atoms with Crippen molar-refractivity contribution in [3.63, 3.8) is 0 Å². The Kier molecular flexibility index (Phi) is 5.07. The van der Waals surface area contributed by atoms with Crippen LogP contribution in [-0.4, -0.2) is 30.4 Å². The Hall–Kier alpha value is -3.42. The third-order valence-electron chi connectivity index (χ3n) is 4.56. The molecular formula is C19H19N3O5. The fourth-order valence-electron chi connectivity index (χ4n) is 3.11. The summed E-state index contributed by atoms with van der Waals surface area (Å²) in [6, 6.07) is 11.5. The lowest BCUT2D eigenvalue weighted by Gasteiger charge is -2.19. The van der Waals surface area contributed by atoms with Crippen molar-refractivity contribution in [2.24, 2.45) is 5.92 Å². The van der Waals surface area contributed by atoms with Gasteiger partial charge in [-0.1, -0.05) is 18.2 Å². The summed E-state index contributed by atoms with van der Waals surface area (Å²) in [6.45, 7) is 2.20. The van der Waals surface area contributed by atoms with Gasteiger partial charge in [0.25, 0.3) is 5.69 Å². The standard InChI is InChI=1S/C19H19N3O5/c1-12-5-3-4-6-16(12)21-11-13(9-18(21)23)19(24)20-15-8-7-14(22(25)26)10-17(15)27-2/h3-8,10,13H,9,11H2,1-2H3,(H,20,24)/t13-/m1/s1. The predicted molar refractivity (Wildman–Crippen MR) is 99.9 cm³/mol. The maximum atomic E-state index is 12.6. The van der Waals surface area contributed by atoms with Crippen LogP contribution >= 0.6 is 0 Å². The van der Waals surface area contributed by atoms with E-state index in [-0.39, 0.29) is 36.2 Å². The zero-order valence-electron chi connectivity index (χ0n) is 15.0. The average molecular weight is 369 g/mol. The molecule has 2 aromatic carbocycles. The van der Waals surface area contributed by atoms with E-state index in [1.54, 1.807) is 4.90 Å². The van der Waals surface area contributed by atoms with Crippen LogP contribution in [0.5, 0.6) is 5.75 Å². The van der Waals surface area contributed by atoms with Crippen LogP contribution in [0, 0.1) is 23.0 Å². The van der Waals surface area contributed by atoms with Crippen LogP contribution in [0.2, 0.25) is 0 Å². The van der Waals surface area contributed by atoms with Crippen molar-refractivity contribution >= 4 is 28.9 Å². The SMILES string of the molecule is COc1cc([N+](=O)[O-])ccc1NC(=O)[C@@H]1CC(=O)N(c2ccccc2C)C1. The van der Waals surface area contributed by atoms with Crippen LogP contribution in [0.1, 0.15) is 12.0 Å². The minimum absolute atomic E-state index is 0.107. The van der Waals surface area contributed by atoms with Crippen LogP contribution in [0.15, 0.2) is 42.5 Å². The van der Waals surface area contributed by atoms with Gasteiger partial charge in [-0.2, -0.15) is 0 Å². The van der Waals surface area contributed by atoms with E-state index in [1.165, 1.54) is 25.3 Å². The number of nitro benzene ring substituents is 1. The molecule has 2 aromatic rings. The van der Waals surface area contributed by atoms with E-state index >= 15 is 0 Å². The molecule has 0 saturated carbocycles. The van der Waals surface area contributed by atoms with Crippen molar-refractivity contribution in [3.05, 3.63) is 58.1 Å². The predicted octanol–water partition coefficient (Wildman–Crippen LogP) is 2.90. The lowest BCUT2D eigenvalue weighted by molar-refractivity contribution is -0.384. The maximum Gasteiger partial charge on any atom is 0.273 e. The van der Waals surface area contributed by atoms with E-state index in [4.69, 9.17) is 4.74 Å². The summed E-state index contributed by atoms with van der Waals surface area (Å²) in [5.41, 5.74) is 1.95. The normalized spacial score (nSPS) is 16.3. The molecular weight excluding hydrogens is 350 g/mol. The summed E-state index contributed by atoms with van der Waals surface area (Å²) in [5, 5.41) is 13.6. The van der Waals surface area contributed by atoms with Gasteiger partial charge in [0.15, 0.2) is 0 Å². The summed E-state index contributed by atoms with van der Waals surface area (Å²) in [4.78, 5) is 37.0. The Balaban J connectivity index is 1.75. The van der Waals surface area contributed by atoms with E-state index in [1.807, 2.05) is 31.2 Å². The lowest BCUT2D eigenvalue weighted by atomic mass is 10.1. The van der Waals surface area contributed by atoms with Gasteiger partial charge in [0.2, 0.25) is 11.8 Å². The highest BCUT2D eigenvalue weighted by molar-refractivity contribution is 6.04. The minimum Gasteiger partial charge on any atom is -0.494 e. The number of nitrogens with one attached hydrogen (secondary N) is 1. The zero-order chi connectivity index (χ0) is 19.6. The van der Waals surface area contributed by atoms with Gasteiger partial charge in [-0.05, 0) is 24.6 Å². The molecule has 1 fully saturated rings. The van der Waals surface area contributed by atoms with E-state index in [0.717, 1.165) is 11.3 Å².